The van der Waals surface area contributed by atoms with Crippen LogP contribution in [0.1, 0.15) is 19.3 Å². The number of sulfone groups is 1. The summed E-state index contributed by atoms with van der Waals surface area (Å²) < 4.78 is 30.8. The van der Waals surface area contributed by atoms with E-state index < -0.39 is 9.84 Å². The lowest BCUT2D eigenvalue weighted by Crippen LogP contribution is -2.42. The molecule has 4 rings (SSSR count). The Morgan fingerprint density at radius 2 is 1.73 bits per heavy atom. The third-order valence-electron chi connectivity index (χ3n) is 5.30. The van der Waals surface area contributed by atoms with E-state index in [9.17, 15) is 13.2 Å². The van der Waals surface area contributed by atoms with Crippen LogP contribution in [0.5, 0.6) is 5.88 Å². The van der Waals surface area contributed by atoms with Crippen molar-refractivity contribution in [1.29, 1.82) is 0 Å². The highest BCUT2D eigenvalue weighted by Gasteiger charge is 2.26. The second kappa shape index (κ2) is 8.79. The van der Waals surface area contributed by atoms with Crippen LogP contribution in [0.15, 0.2) is 65.7 Å². The number of aromatic nitrogens is 2. The van der Waals surface area contributed by atoms with Crippen molar-refractivity contribution in [2.45, 2.75) is 30.3 Å². The second-order valence-corrected chi connectivity index (χ2v) is 9.43. The maximum absolute atomic E-state index is 12.5. The predicted octanol–water partition coefficient (Wildman–Crippen LogP) is 2.86. The molecule has 1 aromatic heterocycles. The van der Waals surface area contributed by atoms with Crippen LogP contribution in [-0.2, 0) is 14.6 Å². The number of carbonyl (C=O) groups excluding carboxylic acids is 1. The van der Waals surface area contributed by atoms with E-state index in [2.05, 4.69) is 10.2 Å². The number of fused-ring (bicyclic) bond motifs is 1. The number of amides is 1. The standard InChI is InChI=1S/C22H23N3O4S/c26-21(12-15-30(27,28)19-7-2-1-3-8-19)25-13-10-18(11-14-25)29-22-20-9-5-4-6-17(20)16-23-24-22/h1-9,16,18H,10-15H2. The lowest BCUT2D eigenvalue weighted by molar-refractivity contribution is -0.132. The molecule has 2 heterocycles. The van der Waals surface area contributed by atoms with Gasteiger partial charge >= 0.3 is 0 Å². The smallest absolute Gasteiger partial charge is 0.241 e. The number of rotatable bonds is 6. The number of ether oxygens (including phenoxy) is 1. The van der Waals surface area contributed by atoms with Gasteiger partial charge in [-0.1, -0.05) is 36.4 Å². The van der Waals surface area contributed by atoms with Crippen molar-refractivity contribution < 1.29 is 17.9 Å². The highest BCUT2D eigenvalue weighted by atomic mass is 32.2. The van der Waals surface area contributed by atoms with Crippen LogP contribution in [-0.4, -0.2) is 54.4 Å². The second-order valence-electron chi connectivity index (χ2n) is 7.32. The molecule has 0 unspecified atom stereocenters. The zero-order chi connectivity index (χ0) is 21.0. The summed E-state index contributed by atoms with van der Waals surface area (Å²) in [5, 5.41) is 10.00. The summed E-state index contributed by atoms with van der Waals surface area (Å²) in [5.74, 6) is 0.183. The summed E-state index contributed by atoms with van der Waals surface area (Å²) in [6.07, 6.45) is 2.97. The fourth-order valence-electron chi connectivity index (χ4n) is 3.60. The van der Waals surface area contributed by atoms with Crippen molar-refractivity contribution in [3.05, 3.63) is 60.8 Å². The van der Waals surface area contributed by atoms with Gasteiger partial charge in [0, 0.05) is 43.1 Å². The Labute approximate surface area is 175 Å². The van der Waals surface area contributed by atoms with Crippen LogP contribution in [0.2, 0.25) is 0 Å². The zero-order valence-corrected chi connectivity index (χ0v) is 17.3. The number of hydrogen-bond donors (Lipinski definition) is 0. The fraction of sp³-hybridized carbons (Fsp3) is 0.318. The van der Waals surface area contributed by atoms with Crippen molar-refractivity contribution in [3.8, 4) is 5.88 Å². The molecule has 30 heavy (non-hydrogen) atoms. The first-order chi connectivity index (χ1) is 14.5. The molecule has 1 fully saturated rings. The lowest BCUT2D eigenvalue weighted by atomic mass is 10.1. The third kappa shape index (κ3) is 4.59. The average Bonchev–Trinajstić information content (AvgIpc) is 2.79. The Morgan fingerprint density at radius 3 is 2.50 bits per heavy atom. The molecular formula is C22H23N3O4S. The highest BCUT2D eigenvalue weighted by molar-refractivity contribution is 7.91. The normalized spacial score (nSPS) is 15.3. The molecule has 7 nitrogen and oxygen atoms in total. The average molecular weight is 426 g/mol. The highest BCUT2D eigenvalue weighted by Crippen LogP contribution is 2.25. The first-order valence-electron chi connectivity index (χ1n) is 9.95. The van der Waals surface area contributed by atoms with Crippen LogP contribution in [0.4, 0.5) is 0 Å². The molecule has 0 saturated carbocycles. The van der Waals surface area contributed by atoms with Gasteiger partial charge in [0.15, 0.2) is 9.84 Å². The first-order valence-corrected chi connectivity index (χ1v) is 11.6. The molecule has 0 aliphatic carbocycles. The van der Waals surface area contributed by atoms with Gasteiger partial charge in [0.05, 0.1) is 16.8 Å². The van der Waals surface area contributed by atoms with Gasteiger partial charge in [-0.3, -0.25) is 4.79 Å². The zero-order valence-electron chi connectivity index (χ0n) is 16.5. The Hall–Kier alpha value is -3.00. The fourth-order valence-corrected chi connectivity index (χ4v) is 4.85. The van der Waals surface area contributed by atoms with Gasteiger partial charge in [-0.25, -0.2) is 8.42 Å². The van der Waals surface area contributed by atoms with Crippen LogP contribution in [0.25, 0.3) is 10.8 Å². The van der Waals surface area contributed by atoms with E-state index in [0.29, 0.717) is 31.8 Å². The topological polar surface area (TPSA) is 89.5 Å². The van der Waals surface area contributed by atoms with Crippen molar-refractivity contribution in [3.63, 3.8) is 0 Å². The van der Waals surface area contributed by atoms with E-state index in [0.717, 1.165) is 10.8 Å². The number of nitrogens with zero attached hydrogens (tertiary/aromatic N) is 3. The molecule has 0 N–H and O–H groups in total. The molecule has 0 spiro atoms. The Kier molecular flexibility index (Phi) is 5.94. The summed E-state index contributed by atoms with van der Waals surface area (Å²) in [6.45, 7) is 1.07. The first kappa shape index (κ1) is 20.3. The number of carbonyl (C=O) groups is 1. The molecule has 8 heteroatoms. The Balaban J connectivity index is 1.30. The van der Waals surface area contributed by atoms with E-state index >= 15 is 0 Å². The molecule has 0 radical (unpaired) electrons. The van der Waals surface area contributed by atoms with Gasteiger partial charge in [-0.05, 0) is 18.2 Å². The summed E-state index contributed by atoms with van der Waals surface area (Å²) in [4.78, 5) is 14.5. The van der Waals surface area contributed by atoms with Gasteiger partial charge < -0.3 is 9.64 Å². The molecule has 0 atom stereocenters. The molecule has 0 bridgehead atoms. The van der Waals surface area contributed by atoms with E-state index in [-0.39, 0.29) is 29.1 Å². The molecule has 1 aliphatic rings. The summed E-state index contributed by atoms with van der Waals surface area (Å²) >= 11 is 0. The van der Waals surface area contributed by atoms with Gasteiger partial charge in [-0.15, -0.1) is 5.10 Å². The molecular weight excluding hydrogens is 402 g/mol. The summed E-state index contributed by atoms with van der Waals surface area (Å²) in [5.41, 5.74) is 0. The molecule has 1 saturated heterocycles. The lowest BCUT2D eigenvalue weighted by Gasteiger charge is -2.32. The quantitative estimate of drug-likeness (QED) is 0.603. The number of likely N-dealkylation sites (tertiary alicyclic amines) is 1. The van der Waals surface area contributed by atoms with Crippen molar-refractivity contribution >= 4 is 26.5 Å². The minimum atomic E-state index is -3.45. The Morgan fingerprint density at radius 1 is 1.03 bits per heavy atom. The molecule has 2 aromatic carbocycles. The maximum Gasteiger partial charge on any atom is 0.241 e. The van der Waals surface area contributed by atoms with Gasteiger partial charge in [0.1, 0.15) is 6.10 Å². The third-order valence-corrected chi connectivity index (χ3v) is 7.03. The number of hydrogen-bond acceptors (Lipinski definition) is 6. The van der Waals surface area contributed by atoms with Crippen LogP contribution in [0.3, 0.4) is 0 Å². The van der Waals surface area contributed by atoms with Crippen LogP contribution < -0.4 is 4.74 Å². The SMILES string of the molecule is O=C(CCS(=O)(=O)c1ccccc1)N1CCC(Oc2nncc3ccccc23)CC1. The summed E-state index contributed by atoms with van der Waals surface area (Å²) in [6, 6.07) is 16.0. The minimum Gasteiger partial charge on any atom is -0.473 e. The molecule has 3 aromatic rings. The monoisotopic (exact) mass is 425 g/mol. The molecule has 1 aliphatic heterocycles. The minimum absolute atomic E-state index is 0.0163. The van der Waals surface area contributed by atoms with Crippen LogP contribution >= 0.6 is 0 Å². The maximum atomic E-state index is 12.5. The largest absolute Gasteiger partial charge is 0.473 e. The van der Waals surface area contributed by atoms with Crippen molar-refractivity contribution in [2.24, 2.45) is 0 Å². The van der Waals surface area contributed by atoms with Crippen molar-refractivity contribution in [1.82, 2.24) is 15.1 Å². The van der Waals surface area contributed by atoms with E-state index in [1.807, 2.05) is 24.3 Å². The number of piperidine rings is 1. The van der Waals surface area contributed by atoms with E-state index in [1.165, 1.54) is 0 Å². The summed E-state index contributed by atoms with van der Waals surface area (Å²) in [7, 11) is -3.45. The van der Waals surface area contributed by atoms with Crippen molar-refractivity contribution in [2.75, 3.05) is 18.8 Å². The van der Waals surface area contributed by atoms with Gasteiger partial charge in [0.2, 0.25) is 11.8 Å². The van der Waals surface area contributed by atoms with E-state index in [1.54, 1.807) is 41.4 Å². The molecule has 156 valence electrons. The molecule has 1 amide bonds. The van der Waals surface area contributed by atoms with E-state index in [4.69, 9.17) is 4.74 Å². The number of benzene rings is 2. The predicted molar refractivity (Wildman–Crippen MR) is 113 cm³/mol. The van der Waals surface area contributed by atoms with Crippen LogP contribution in [0, 0.1) is 0 Å². The van der Waals surface area contributed by atoms with Gasteiger partial charge in [-0.2, -0.15) is 5.10 Å². The Bertz CT molecular complexity index is 1120. The van der Waals surface area contributed by atoms with Gasteiger partial charge in [0.25, 0.3) is 0 Å².